The molecule has 1 aromatic heterocycles. The lowest BCUT2D eigenvalue weighted by Crippen LogP contribution is -1.92. The van der Waals surface area contributed by atoms with Crippen LogP contribution in [0.15, 0.2) is 12.4 Å². The van der Waals surface area contributed by atoms with Crippen molar-refractivity contribution in [1.29, 1.82) is 0 Å². The fourth-order valence-corrected chi connectivity index (χ4v) is 0.899. The second-order valence-electron chi connectivity index (χ2n) is 2.44. The van der Waals surface area contributed by atoms with E-state index in [1.165, 1.54) is 5.56 Å². The minimum atomic E-state index is 0.525. The number of hydrogen-bond acceptors (Lipinski definition) is 2. The maximum atomic E-state index is 4.08. The molecule has 0 atom stereocenters. The van der Waals surface area contributed by atoms with Crippen molar-refractivity contribution in [2.45, 2.75) is 19.8 Å². The summed E-state index contributed by atoms with van der Waals surface area (Å²) in [5, 5.41) is 0. The molecule has 0 amide bonds. The lowest BCUT2D eigenvalue weighted by Gasteiger charge is -2.01. The van der Waals surface area contributed by atoms with E-state index >= 15 is 0 Å². The normalized spacial score (nSPS) is 10.4. The minimum Gasteiger partial charge on any atom is -0.231 e. The van der Waals surface area contributed by atoms with Crippen LogP contribution in [0.1, 0.15) is 25.3 Å². The van der Waals surface area contributed by atoms with Crippen LogP contribution in [0.2, 0.25) is 0 Å². The van der Waals surface area contributed by atoms with E-state index in [0.717, 1.165) is 3.83 Å². The third-order valence-corrected chi connectivity index (χ3v) is 1.86. The summed E-state index contributed by atoms with van der Waals surface area (Å²) in [5.41, 5.74) is 1.19. The summed E-state index contributed by atoms with van der Waals surface area (Å²) >= 11 is 2.10. The van der Waals surface area contributed by atoms with Crippen LogP contribution in [0.3, 0.4) is 0 Å². The molecule has 0 aromatic carbocycles. The third kappa shape index (κ3) is 1.90. The SMILES string of the molecule is CC(C)c1cnc(I)nc1. The molecule has 0 saturated heterocycles. The first-order chi connectivity index (χ1) is 4.70. The van der Waals surface area contributed by atoms with Gasteiger partial charge < -0.3 is 0 Å². The van der Waals surface area contributed by atoms with Crippen LogP contribution in [-0.2, 0) is 0 Å². The molecule has 0 aliphatic rings. The van der Waals surface area contributed by atoms with Gasteiger partial charge in [0.25, 0.3) is 0 Å². The summed E-state index contributed by atoms with van der Waals surface area (Å²) in [6.07, 6.45) is 3.75. The standard InChI is InChI=1S/C7H9IN2/c1-5(2)6-3-9-7(8)10-4-6/h3-5H,1-2H3. The Morgan fingerprint density at radius 1 is 1.30 bits per heavy atom. The Balaban J connectivity index is 2.89. The molecule has 2 nitrogen and oxygen atoms in total. The van der Waals surface area contributed by atoms with E-state index in [1.807, 2.05) is 12.4 Å². The average Bonchev–Trinajstić information content (AvgIpc) is 1.88. The summed E-state index contributed by atoms with van der Waals surface area (Å²) in [6, 6.07) is 0. The van der Waals surface area contributed by atoms with Crippen molar-refractivity contribution in [3.8, 4) is 0 Å². The van der Waals surface area contributed by atoms with Gasteiger partial charge >= 0.3 is 0 Å². The Bertz CT molecular complexity index is 205. The van der Waals surface area contributed by atoms with Gasteiger partial charge in [-0.3, -0.25) is 0 Å². The van der Waals surface area contributed by atoms with Crippen LogP contribution in [0.4, 0.5) is 0 Å². The van der Waals surface area contributed by atoms with E-state index in [9.17, 15) is 0 Å². The molecule has 10 heavy (non-hydrogen) atoms. The molecule has 0 N–H and O–H groups in total. The molecular weight excluding hydrogens is 239 g/mol. The highest BCUT2D eigenvalue weighted by Gasteiger charge is 1.98. The molecule has 1 rings (SSSR count). The zero-order valence-electron chi connectivity index (χ0n) is 6.00. The molecule has 0 unspecified atom stereocenters. The van der Waals surface area contributed by atoms with E-state index < -0.39 is 0 Å². The van der Waals surface area contributed by atoms with E-state index in [1.54, 1.807) is 0 Å². The van der Waals surface area contributed by atoms with Gasteiger partial charge in [0, 0.05) is 35.0 Å². The first kappa shape index (κ1) is 7.91. The first-order valence-corrected chi connectivity index (χ1v) is 4.25. The quantitative estimate of drug-likeness (QED) is 0.562. The molecule has 0 aliphatic heterocycles. The van der Waals surface area contributed by atoms with Gasteiger partial charge in [0.05, 0.1) is 0 Å². The largest absolute Gasteiger partial charge is 0.231 e. The van der Waals surface area contributed by atoms with Crippen LogP contribution >= 0.6 is 22.6 Å². The number of hydrogen-bond donors (Lipinski definition) is 0. The first-order valence-electron chi connectivity index (χ1n) is 3.17. The molecule has 0 fully saturated rings. The van der Waals surface area contributed by atoms with Crippen molar-refractivity contribution in [2.75, 3.05) is 0 Å². The molecule has 1 heterocycles. The molecule has 0 spiro atoms. The zero-order chi connectivity index (χ0) is 7.56. The van der Waals surface area contributed by atoms with E-state index in [2.05, 4.69) is 46.4 Å². The molecule has 0 saturated carbocycles. The van der Waals surface area contributed by atoms with E-state index in [-0.39, 0.29) is 0 Å². The van der Waals surface area contributed by atoms with Gasteiger partial charge in [-0.15, -0.1) is 0 Å². The molecule has 1 aromatic rings. The van der Waals surface area contributed by atoms with Gasteiger partial charge in [-0.2, -0.15) is 0 Å². The Morgan fingerprint density at radius 2 is 1.80 bits per heavy atom. The van der Waals surface area contributed by atoms with E-state index in [4.69, 9.17) is 0 Å². The van der Waals surface area contributed by atoms with Crippen molar-refractivity contribution in [3.63, 3.8) is 0 Å². The Hall–Kier alpha value is -0.190. The van der Waals surface area contributed by atoms with Gasteiger partial charge in [-0.25, -0.2) is 9.97 Å². The molecule has 0 bridgehead atoms. The van der Waals surface area contributed by atoms with Crippen LogP contribution in [0.5, 0.6) is 0 Å². The number of rotatable bonds is 1. The summed E-state index contributed by atoms with van der Waals surface area (Å²) in [6.45, 7) is 4.26. The minimum absolute atomic E-state index is 0.525. The zero-order valence-corrected chi connectivity index (χ0v) is 8.16. The van der Waals surface area contributed by atoms with Crippen LogP contribution in [-0.4, -0.2) is 9.97 Å². The lowest BCUT2D eigenvalue weighted by molar-refractivity contribution is 0.840. The average molecular weight is 248 g/mol. The van der Waals surface area contributed by atoms with Crippen LogP contribution < -0.4 is 0 Å². The Morgan fingerprint density at radius 3 is 2.20 bits per heavy atom. The van der Waals surface area contributed by atoms with Crippen molar-refractivity contribution in [2.24, 2.45) is 0 Å². The summed E-state index contributed by atoms with van der Waals surface area (Å²) in [7, 11) is 0. The highest BCUT2D eigenvalue weighted by atomic mass is 127. The number of nitrogens with zero attached hydrogens (tertiary/aromatic N) is 2. The number of halogens is 1. The maximum Gasteiger partial charge on any atom is 0.190 e. The van der Waals surface area contributed by atoms with Gasteiger partial charge in [0.1, 0.15) is 0 Å². The molecule has 54 valence electrons. The lowest BCUT2D eigenvalue weighted by atomic mass is 10.1. The van der Waals surface area contributed by atoms with E-state index in [0.29, 0.717) is 5.92 Å². The smallest absolute Gasteiger partial charge is 0.190 e. The molecular formula is C7H9IN2. The second kappa shape index (κ2) is 3.27. The summed E-state index contributed by atoms with van der Waals surface area (Å²) < 4.78 is 0.807. The fraction of sp³-hybridized carbons (Fsp3) is 0.429. The van der Waals surface area contributed by atoms with Gasteiger partial charge in [0.2, 0.25) is 0 Å². The van der Waals surface area contributed by atoms with Crippen molar-refractivity contribution in [1.82, 2.24) is 9.97 Å². The highest BCUT2D eigenvalue weighted by Crippen LogP contribution is 2.10. The fourth-order valence-electron chi connectivity index (χ4n) is 0.620. The second-order valence-corrected chi connectivity index (χ2v) is 3.40. The molecule has 3 heteroatoms. The Labute approximate surface area is 74.2 Å². The highest BCUT2D eigenvalue weighted by molar-refractivity contribution is 14.1. The predicted octanol–water partition coefficient (Wildman–Crippen LogP) is 2.20. The van der Waals surface area contributed by atoms with Crippen molar-refractivity contribution < 1.29 is 0 Å². The van der Waals surface area contributed by atoms with Crippen LogP contribution in [0.25, 0.3) is 0 Å². The molecule has 0 radical (unpaired) electrons. The Kier molecular flexibility index (Phi) is 2.59. The van der Waals surface area contributed by atoms with Crippen LogP contribution in [0, 0.1) is 3.83 Å². The summed E-state index contributed by atoms with van der Waals surface area (Å²) in [4.78, 5) is 8.15. The van der Waals surface area contributed by atoms with Gasteiger partial charge in [0.15, 0.2) is 3.83 Å². The monoisotopic (exact) mass is 248 g/mol. The summed E-state index contributed by atoms with van der Waals surface area (Å²) in [5.74, 6) is 0.525. The number of aromatic nitrogens is 2. The van der Waals surface area contributed by atoms with Gasteiger partial charge in [-0.05, 0) is 11.5 Å². The van der Waals surface area contributed by atoms with Crippen molar-refractivity contribution in [3.05, 3.63) is 21.8 Å². The molecule has 0 aliphatic carbocycles. The van der Waals surface area contributed by atoms with Crippen molar-refractivity contribution >= 4 is 22.6 Å². The van der Waals surface area contributed by atoms with Gasteiger partial charge in [-0.1, -0.05) is 13.8 Å². The third-order valence-electron chi connectivity index (χ3n) is 1.31. The maximum absolute atomic E-state index is 4.08. The topological polar surface area (TPSA) is 25.8 Å². The predicted molar refractivity (Wildman–Crippen MR) is 48.8 cm³/mol.